The van der Waals surface area contributed by atoms with Crippen molar-refractivity contribution in [2.45, 2.75) is 6.92 Å². The number of amides is 1. The van der Waals surface area contributed by atoms with Gasteiger partial charge in [0, 0.05) is 49.0 Å². The predicted octanol–water partition coefficient (Wildman–Crippen LogP) is 3.01. The van der Waals surface area contributed by atoms with Crippen molar-refractivity contribution in [2.75, 3.05) is 31.1 Å². The summed E-state index contributed by atoms with van der Waals surface area (Å²) in [7, 11) is 0. The van der Waals surface area contributed by atoms with Gasteiger partial charge in [0.1, 0.15) is 6.26 Å². The van der Waals surface area contributed by atoms with Crippen LogP contribution in [0.2, 0.25) is 0 Å². The fourth-order valence-corrected chi connectivity index (χ4v) is 3.47. The van der Waals surface area contributed by atoms with E-state index >= 15 is 0 Å². The SMILES string of the molecule is Cc1cc(N2CCN(C(=O)c3ccoc3)CC2)c2cccc([N+](=O)[O-])c2n1. The molecule has 3 heterocycles. The van der Waals surface area contributed by atoms with Crippen LogP contribution < -0.4 is 4.90 Å². The average Bonchev–Trinajstić information content (AvgIpc) is 3.21. The smallest absolute Gasteiger partial charge is 0.295 e. The van der Waals surface area contributed by atoms with E-state index in [2.05, 4.69) is 9.88 Å². The molecule has 138 valence electrons. The first kappa shape index (κ1) is 17.0. The summed E-state index contributed by atoms with van der Waals surface area (Å²) in [6.45, 7) is 4.26. The molecule has 1 aliphatic rings. The van der Waals surface area contributed by atoms with Crippen LogP contribution in [0.3, 0.4) is 0 Å². The first-order valence-corrected chi connectivity index (χ1v) is 8.66. The molecular formula is C19H18N4O4. The molecule has 8 nitrogen and oxygen atoms in total. The maximum absolute atomic E-state index is 12.5. The van der Waals surface area contributed by atoms with Crippen molar-refractivity contribution in [1.29, 1.82) is 0 Å². The van der Waals surface area contributed by atoms with Crippen LogP contribution in [0.15, 0.2) is 47.3 Å². The molecule has 1 saturated heterocycles. The zero-order chi connectivity index (χ0) is 19.0. The number of hydrogen-bond donors (Lipinski definition) is 0. The molecule has 0 radical (unpaired) electrons. The van der Waals surface area contributed by atoms with Crippen LogP contribution in [0.1, 0.15) is 16.1 Å². The van der Waals surface area contributed by atoms with E-state index in [0.29, 0.717) is 37.3 Å². The normalized spacial score (nSPS) is 14.6. The van der Waals surface area contributed by atoms with Gasteiger partial charge in [-0.2, -0.15) is 0 Å². The van der Waals surface area contributed by atoms with E-state index in [1.807, 2.05) is 19.1 Å². The van der Waals surface area contributed by atoms with Crippen molar-refractivity contribution in [1.82, 2.24) is 9.88 Å². The Balaban J connectivity index is 1.62. The van der Waals surface area contributed by atoms with Gasteiger partial charge in [-0.1, -0.05) is 12.1 Å². The van der Waals surface area contributed by atoms with Crippen LogP contribution in [0.4, 0.5) is 11.4 Å². The molecule has 0 atom stereocenters. The summed E-state index contributed by atoms with van der Waals surface area (Å²) in [5, 5.41) is 12.1. The summed E-state index contributed by atoms with van der Waals surface area (Å²) in [5.74, 6) is -0.0465. The van der Waals surface area contributed by atoms with Crippen LogP contribution in [0.25, 0.3) is 10.9 Å². The van der Waals surface area contributed by atoms with Crippen LogP contribution in [-0.4, -0.2) is 46.9 Å². The van der Waals surface area contributed by atoms with Crippen molar-refractivity contribution in [3.63, 3.8) is 0 Å². The van der Waals surface area contributed by atoms with Crippen molar-refractivity contribution < 1.29 is 14.1 Å². The van der Waals surface area contributed by atoms with Crippen LogP contribution in [0.5, 0.6) is 0 Å². The summed E-state index contributed by atoms with van der Waals surface area (Å²) >= 11 is 0. The third-order valence-corrected chi connectivity index (χ3v) is 4.80. The van der Waals surface area contributed by atoms with E-state index in [1.165, 1.54) is 18.6 Å². The van der Waals surface area contributed by atoms with Gasteiger partial charge in [0.05, 0.1) is 16.7 Å². The Morgan fingerprint density at radius 2 is 2.00 bits per heavy atom. The van der Waals surface area contributed by atoms with Crippen molar-refractivity contribution in [2.24, 2.45) is 0 Å². The van der Waals surface area contributed by atoms with Crippen LogP contribution in [-0.2, 0) is 0 Å². The van der Waals surface area contributed by atoms with Gasteiger partial charge < -0.3 is 14.2 Å². The molecule has 0 saturated carbocycles. The van der Waals surface area contributed by atoms with Crippen molar-refractivity contribution in [3.05, 3.63) is 64.2 Å². The topological polar surface area (TPSA) is 92.7 Å². The lowest BCUT2D eigenvalue weighted by molar-refractivity contribution is -0.383. The molecule has 1 aliphatic heterocycles. The fraction of sp³-hybridized carbons (Fsp3) is 0.263. The minimum Gasteiger partial charge on any atom is -0.472 e. The summed E-state index contributed by atoms with van der Waals surface area (Å²) in [6.07, 6.45) is 2.94. The average molecular weight is 366 g/mol. The van der Waals surface area contributed by atoms with Gasteiger partial charge in [0.15, 0.2) is 5.52 Å². The second-order valence-corrected chi connectivity index (χ2v) is 6.50. The number of carbonyl (C=O) groups is 1. The Hall–Kier alpha value is -3.42. The number of rotatable bonds is 3. The van der Waals surface area contributed by atoms with Gasteiger partial charge in [-0.25, -0.2) is 4.98 Å². The van der Waals surface area contributed by atoms with Crippen molar-refractivity contribution >= 4 is 28.2 Å². The highest BCUT2D eigenvalue weighted by atomic mass is 16.6. The van der Waals surface area contributed by atoms with E-state index in [0.717, 1.165) is 16.8 Å². The quantitative estimate of drug-likeness (QED) is 0.523. The highest BCUT2D eigenvalue weighted by Crippen LogP contribution is 2.32. The molecule has 3 aromatic rings. The van der Waals surface area contributed by atoms with E-state index in [-0.39, 0.29) is 11.6 Å². The first-order valence-electron chi connectivity index (χ1n) is 8.66. The van der Waals surface area contributed by atoms with E-state index in [1.54, 1.807) is 17.0 Å². The monoisotopic (exact) mass is 366 g/mol. The highest BCUT2D eigenvalue weighted by molar-refractivity contribution is 5.97. The minimum absolute atomic E-state index is 0.00576. The molecule has 0 spiro atoms. The number of nitrogens with zero attached hydrogens (tertiary/aromatic N) is 4. The number of para-hydroxylation sites is 1. The molecular weight excluding hydrogens is 348 g/mol. The molecule has 0 bridgehead atoms. The lowest BCUT2D eigenvalue weighted by atomic mass is 10.1. The summed E-state index contributed by atoms with van der Waals surface area (Å²) in [5.41, 5.74) is 2.59. The minimum atomic E-state index is -0.403. The number of fused-ring (bicyclic) bond motifs is 1. The number of hydrogen-bond acceptors (Lipinski definition) is 6. The van der Waals surface area contributed by atoms with Gasteiger partial charge in [-0.15, -0.1) is 0 Å². The van der Waals surface area contributed by atoms with Crippen LogP contribution in [0, 0.1) is 17.0 Å². The second-order valence-electron chi connectivity index (χ2n) is 6.50. The zero-order valence-corrected chi connectivity index (χ0v) is 14.8. The van der Waals surface area contributed by atoms with E-state index < -0.39 is 4.92 Å². The number of pyridine rings is 1. The van der Waals surface area contributed by atoms with Gasteiger partial charge in [0.25, 0.3) is 11.6 Å². The highest BCUT2D eigenvalue weighted by Gasteiger charge is 2.25. The third kappa shape index (κ3) is 3.10. The van der Waals surface area contributed by atoms with Gasteiger partial charge >= 0.3 is 0 Å². The predicted molar refractivity (Wildman–Crippen MR) is 100.0 cm³/mol. The lowest BCUT2D eigenvalue weighted by Gasteiger charge is -2.36. The standard InChI is InChI=1S/C19H18N4O4/c1-13-11-17(15-3-2-4-16(23(25)26)18(15)20-13)21-6-8-22(9-7-21)19(24)14-5-10-27-12-14/h2-5,10-12H,6-9H2,1H3. The van der Waals surface area contributed by atoms with E-state index in [9.17, 15) is 14.9 Å². The fourth-order valence-electron chi connectivity index (χ4n) is 3.47. The molecule has 2 aromatic heterocycles. The van der Waals surface area contributed by atoms with Gasteiger partial charge in [0.2, 0.25) is 0 Å². The maximum Gasteiger partial charge on any atom is 0.295 e. The number of non-ortho nitro benzene ring substituents is 1. The molecule has 1 fully saturated rings. The Bertz CT molecular complexity index is 1010. The number of furan rings is 1. The largest absolute Gasteiger partial charge is 0.472 e. The molecule has 1 amide bonds. The van der Waals surface area contributed by atoms with E-state index in [4.69, 9.17) is 4.42 Å². The summed E-state index contributed by atoms with van der Waals surface area (Å²) in [6, 6.07) is 8.61. The number of nitro benzene ring substituents is 1. The number of benzene rings is 1. The Morgan fingerprint density at radius 1 is 1.22 bits per heavy atom. The lowest BCUT2D eigenvalue weighted by Crippen LogP contribution is -2.48. The molecule has 27 heavy (non-hydrogen) atoms. The number of anilines is 1. The number of carbonyl (C=O) groups excluding carboxylic acids is 1. The summed E-state index contributed by atoms with van der Waals surface area (Å²) in [4.78, 5) is 31.7. The number of aromatic nitrogens is 1. The number of aryl methyl sites for hydroxylation is 1. The second kappa shape index (κ2) is 6.71. The molecule has 1 aromatic carbocycles. The molecule has 0 unspecified atom stereocenters. The number of piperazine rings is 1. The Labute approximate surface area is 155 Å². The molecule has 0 aliphatic carbocycles. The van der Waals surface area contributed by atoms with Gasteiger partial charge in [-0.05, 0) is 19.1 Å². The number of nitro groups is 1. The first-order chi connectivity index (χ1) is 13.0. The Morgan fingerprint density at radius 3 is 2.67 bits per heavy atom. The Kier molecular flexibility index (Phi) is 4.23. The molecule has 0 N–H and O–H groups in total. The maximum atomic E-state index is 12.5. The van der Waals surface area contributed by atoms with Gasteiger partial charge in [-0.3, -0.25) is 14.9 Å². The molecule has 4 rings (SSSR count). The third-order valence-electron chi connectivity index (χ3n) is 4.80. The zero-order valence-electron chi connectivity index (χ0n) is 14.8. The summed E-state index contributed by atoms with van der Waals surface area (Å²) < 4.78 is 4.99. The van der Waals surface area contributed by atoms with Crippen LogP contribution >= 0.6 is 0 Å². The van der Waals surface area contributed by atoms with Crippen molar-refractivity contribution in [3.8, 4) is 0 Å². The molecule has 8 heteroatoms.